The van der Waals surface area contributed by atoms with E-state index in [1.807, 2.05) is 39.8 Å². The van der Waals surface area contributed by atoms with E-state index in [0.717, 1.165) is 27.1 Å². The van der Waals surface area contributed by atoms with E-state index in [9.17, 15) is 14.4 Å². The molecule has 0 unspecified atom stereocenters. The molecule has 0 fully saturated rings. The first kappa shape index (κ1) is 21.6. The predicted octanol–water partition coefficient (Wildman–Crippen LogP) is 4.26. The zero-order valence-corrected chi connectivity index (χ0v) is 17.8. The fourth-order valence-electron chi connectivity index (χ4n) is 3.03. The van der Waals surface area contributed by atoms with Gasteiger partial charge in [0, 0.05) is 4.88 Å². The zero-order chi connectivity index (χ0) is 21.0. The maximum absolute atomic E-state index is 12.4. The standard InChI is InChI=1S/C21H25NO5S/c1-7-26-21(25)18-14(5)15(6)28-19(18)22-16(23)10-27-20(24)17-12(3)8-11(2)9-13(17)4/h8-9H,7,10H2,1-6H3,(H,22,23). The molecule has 0 aliphatic rings. The smallest absolute Gasteiger partial charge is 0.341 e. The number of hydrogen-bond acceptors (Lipinski definition) is 6. The quantitative estimate of drug-likeness (QED) is 0.729. The normalized spacial score (nSPS) is 10.5. The minimum absolute atomic E-state index is 0.243. The van der Waals surface area contributed by atoms with Crippen LogP contribution in [0.15, 0.2) is 12.1 Å². The highest BCUT2D eigenvalue weighted by Gasteiger charge is 2.23. The largest absolute Gasteiger partial charge is 0.462 e. The number of thiophene rings is 1. The van der Waals surface area contributed by atoms with Gasteiger partial charge in [0.2, 0.25) is 0 Å². The lowest BCUT2D eigenvalue weighted by molar-refractivity contribution is -0.119. The Balaban J connectivity index is 2.09. The summed E-state index contributed by atoms with van der Waals surface area (Å²) >= 11 is 1.29. The Kier molecular flexibility index (Phi) is 6.96. The Hall–Kier alpha value is -2.67. The fraction of sp³-hybridized carbons (Fsp3) is 0.381. The molecule has 1 amide bonds. The van der Waals surface area contributed by atoms with Gasteiger partial charge < -0.3 is 14.8 Å². The summed E-state index contributed by atoms with van der Waals surface area (Å²) in [5, 5.41) is 3.06. The summed E-state index contributed by atoms with van der Waals surface area (Å²) in [4.78, 5) is 37.8. The molecule has 2 aromatic rings. The van der Waals surface area contributed by atoms with Gasteiger partial charge in [0.1, 0.15) is 5.00 Å². The molecule has 0 radical (unpaired) electrons. The average Bonchev–Trinajstić information content (AvgIpc) is 2.86. The van der Waals surface area contributed by atoms with Crippen molar-refractivity contribution in [3.63, 3.8) is 0 Å². The fourth-order valence-corrected chi connectivity index (χ4v) is 4.10. The molecule has 0 aliphatic heterocycles. The number of aryl methyl sites for hydroxylation is 4. The first-order valence-electron chi connectivity index (χ1n) is 8.97. The van der Waals surface area contributed by atoms with Gasteiger partial charge in [-0.25, -0.2) is 9.59 Å². The third-order valence-electron chi connectivity index (χ3n) is 4.33. The molecule has 0 saturated heterocycles. The van der Waals surface area contributed by atoms with Crippen LogP contribution in [-0.4, -0.2) is 31.1 Å². The highest BCUT2D eigenvalue weighted by atomic mass is 32.1. The van der Waals surface area contributed by atoms with Gasteiger partial charge in [-0.15, -0.1) is 11.3 Å². The molecule has 150 valence electrons. The van der Waals surface area contributed by atoms with Gasteiger partial charge in [-0.3, -0.25) is 4.79 Å². The first-order valence-corrected chi connectivity index (χ1v) is 9.79. The van der Waals surface area contributed by atoms with E-state index in [2.05, 4.69) is 5.32 Å². The minimum Gasteiger partial charge on any atom is -0.462 e. The molecule has 0 saturated carbocycles. The molecule has 0 aliphatic carbocycles. The zero-order valence-electron chi connectivity index (χ0n) is 17.0. The van der Waals surface area contributed by atoms with Crippen molar-refractivity contribution in [2.24, 2.45) is 0 Å². The summed E-state index contributed by atoms with van der Waals surface area (Å²) in [6, 6.07) is 3.79. The van der Waals surface area contributed by atoms with Crippen molar-refractivity contribution in [1.29, 1.82) is 0 Å². The van der Waals surface area contributed by atoms with Crippen LogP contribution in [0, 0.1) is 34.6 Å². The molecule has 6 nitrogen and oxygen atoms in total. The Morgan fingerprint density at radius 1 is 0.929 bits per heavy atom. The van der Waals surface area contributed by atoms with Crippen LogP contribution in [0.3, 0.4) is 0 Å². The van der Waals surface area contributed by atoms with Gasteiger partial charge in [-0.05, 0) is 58.2 Å². The SMILES string of the molecule is CCOC(=O)c1c(NC(=O)COC(=O)c2c(C)cc(C)cc2C)sc(C)c1C. The summed E-state index contributed by atoms with van der Waals surface area (Å²) in [5.74, 6) is -1.54. The van der Waals surface area contributed by atoms with Crippen molar-refractivity contribution in [3.8, 4) is 0 Å². The molecule has 1 heterocycles. The Morgan fingerprint density at radius 3 is 2.07 bits per heavy atom. The highest BCUT2D eigenvalue weighted by Crippen LogP contribution is 2.33. The lowest BCUT2D eigenvalue weighted by atomic mass is 10.00. The highest BCUT2D eigenvalue weighted by molar-refractivity contribution is 7.16. The van der Waals surface area contributed by atoms with Crippen molar-refractivity contribution in [3.05, 3.63) is 50.4 Å². The van der Waals surface area contributed by atoms with Crippen LogP contribution in [0.5, 0.6) is 0 Å². The number of ether oxygens (including phenoxy) is 2. The van der Waals surface area contributed by atoms with Gasteiger partial charge >= 0.3 is 11.9 Å². The van der Waals surface area contributed by atoms with E-state index < -0.39 is 24.5 Å². The summed E-state index contributed by atoms with van der Waals surface area (Å²) in [6.45, 7) is 10.8. The van der Waals surface area contributed by atoms with Crippen molar-refractivity contribution in [1.82, 2.24) is 0 Å². The van der Waals surface area contributed by atoms with E-state index >= 15 is 0 Å². The topological polar surface area (TPSA) is 81.7 Å². The molecule has 7 heteroatoms. The summed E-state index contributed by atoms with van der Waals surface area (Å²) in [7, 11) is 0. The molecule has 2 rings (SSSR count). The molecular formula is C21H25NO5S. The maximum Gasteiger partial charge on any atom is 0.341 e. The number of anilines is 1. The van der Waals surface area contributed by atoms with Crippen LogP contribution in [-0.2, 0) is 14.3 Å². The molecule has 0 bridgehead atoms. The second kappa shape index (κ2) is 9.01. The number of rotatable bonds is 6. The maximum atomic E-state index is 12.4. The number of amides is 1. The van der Waals surface area contributed by atoms with Gasteiger partial charge in [0.25, 0.3) is 5.91 Å². The summed E-state index contributed by atoms with van der Waals surface area (Å²) in [6.07, 6.45) is 0. The second-order valence-corrected chi connectivity index (χ2v) is 7.83. The molecular weight excluding hydrogens is 378 g/mol. The summed E-state index contributed by atoms with van der Waals surface area (Å²) < 4.78 is 10.3. The van der Waals surface area contributed by atoms with Crippen LogP contribution in [0.2, 0.25) is 0 Å². The van der Waals surface area contributed by atoms with Gasteiger partial charge in [0.05, 0.1) is 17.7 Å². The molecule has 28 heavy (non-hydrogen) atoms. The van der Waals surface area contributed by atoms with Crippen LogP contribution < -0.4 is 5.32 Å². The Labute approximate surface area is 168 Å². The number of benzene rings is 1. The van der Waals surface area contributed by atoms with Gasteiger partial charge in [-0.2, -0.15) is 0 Å². The van der Waals surface area contributed by atoms with Crippen LogP contribution in [0.25, 0.3) is 0 Å². The third kappa shape index (κ3) is 4.78. The Morgan fingerprint density at radius 2 is 1.50 bits per heavy atom. The van der Waals surface area contributed by atoms with Gasteiger partial charge in [-0.1, -0.05) is 17.7 Å². The second-order valence-electron chi connectivity index (χ2n) is 6.61. The van der Waals surface area contributed by atoms with E-state index in [1.54, 1.807) is 13.8 Å². The number of carbonyl (C=O) groups is 3. The number of nitrogens with one attached hydrogen (secondary N) is 1. The summed E-state index contributed by atoms with van der Waals surface area (Å²) in [5.41, 5.74) is 4.23. The van der Waals surface area contributed by atoms with Crippen LogP contribution in [0.4, 0.5) is 5.00 Å². The lowest BCUT2D eigenvalue weighted by Crippen LogP contribution is -2.22. The molecule has 1 N–H and O–H groups in total. The van der Waals surface area contributed by atoms with Crippen molar-refractivity contribution >= 4 is 34.2 Å². The van der Waals surface area contributed by atoms with E-state index in [1.165, 1.54) is 11.3 Å². The van der Waals surface area contributed by atoms with Gasteiger partial charge in [0.15, 0.2) is 6.61 Å². The molecule has 0 spiro atoms. The lowest BCUT2D eigenvalue weighted by Gasteiger charge is -2.11. The van der Waals surface area contributed by atoms with Crippen molar-refractivity contribution in [2.75, 3.05) is 18.5 Å². The molecule has 1 aromatic carbocycles. The number of hydrogen-bond donors (Lipinski definition) is 1. The van der Waals surface area contributed by atoms with Crippen molar-refractivity contribution < 1.29 is 23.9 Å². The van der Waals surface area contributed by atoms with Crippen LogP contribution >= 0.6 is 11.3 Å². The number of esters is 2. The average molecular weight is 404 g/mol. The Bertz CT molecular complexity index is 906. The minimum atomic E-state index is -0.547. The van der Waals surface area contributed by atoms with Crippen molar-refractivity contribution in [2.45, 2.75) is 41.5 Å². The third-order valence-corrected chi connectivity index (χ3v) is 5.46. The molecule has 1 aromatic heterocycles. The molecule has 0 atom stereocenters. The van der Waals surface area contributed by atoms with E-state index in [0.29, 0.717) is 16.1 Å². The number of carbonyl (C=O) groups excluding carboxylic acids is 3. The van der Waals surface area contributed by atoms with E-state index in [-0.39, 0.29) is 6.61 Å². The predicted molar refractivity (Wildman–Crippen MR) is 109 cm³/mol. The first-order chi connectivity index (χ1) is 13.1. The monoisotopic (exact) mass is 403 g/mol. The van der Waals surface area contributed by atoms with Crippen LogP contribution in [0.1, 0.15) is 54.8 Å². The van der Waals surface area contributed by atoms with E-state index in [4.69, 9.17) is 9.47 Å².